The Balaban J connectivity index is 1.91. The summed E-state index contributed by atoms with van der Waals surface area (Å²) >= 11 is 0. The van der Waals surface area contributed by atoms with Crippen molar-refractivity contribution in [2.75, 3.05) is 7.05 Å². The van der Waals surface area contributed by atoms with Crippen LogP contribution in [0.5, 0.6) is 0 Å². The molecule has 1 aromatic rings. The second-order valence-corrected chi connectivity index (χ2v) is 8.39. The molecular formula is C17H25N3O5S. The molecule has 4 N–H and O–H groups in total. The number of hydrogen-bond donors (Lipinski definition) is 4. The lowest BCUT2D eigenvalue weighted by Crippen LogP contribution is -2.44. The standard InChI is InChI=1S/C17H25N3O5S/c1-11(13-4-3-5-15(10-13)26(24,25)18-2)19-17(23)20-14-8-6-12(7-9-14)16(21)22/h3-5,10-12,14,18H,6-9H2,1-2H3,(H,21,22)(H2,19,20,23). The van der Waals surface area contributed by atoms with Crippen molar-refractivity contribution in [3.05, 3.63) is 29.8 Å². The average Bonchev–Trinajstić information content (AvgIpc) is 2.62. The van der Waals surface area contributed by atoms with E-state index >= 15 is 0 Å². The molecule has 2 rings (SSSR count). The van der Waals surface area contributed by atoms with E-state index in [4.69, 9.17) is 5.11 Å². The first kappa shape index (κ1) is 20.2. The van der Waals surface area contributed by atoms with Gasteiger partial charge in [-0.05, 0) is 57.4 Å². The van der Waals surface area contributed by atoms with E-state index in [9.17, 15) is 18.0 Å². The number of amides is 2. The molecule has 0 spiro atoms. The SMILES string of the molecule is CNS(=O)(=O)c1cccc(C(C)NC(=O)NC2CCC(C(=O)O)CC2)c1. The summed E-state index contributed by atoms with van der Waals surface area (Å²) in [6, 6.07) is 5.61. The number of nitrogens with one attached hydrogen (secondary N) is 3. The molecule has 0 radical (unpaired) electrons. The third kappa shape index (κ3) is 5.18. The fourth-order valence-corrected chi connectivity index (χ4v) is 3.85. The maximum Gasteiger partial charge on any atom is 0.315 e. The van der Waals surface area contributed by atoms with Crippen molar-refractivity contribution in [3.63, 3.8) is 0 Å². The van der Waals surface area contributed by atoms with Crippen molar-refractivity contribution in [1.29, 1.82) is 0 Å². The summed E-state index contributed by atoms with van der Waals surface area (Å²) in [5, 5.41) is 14.7. The number of carbonyl (C=O) groups excluding carboxylic acids is 1. The fourth-order valence-electron chi connectivity index (χ4n) is 3.06. The lowest BCUT2D eigenvalue weighted by Gasteiger charge is -2.27. The van der Waals surface area contributed by atoms with E-state index < -0.39 is 16.0 Å². The van der Waals surface area contributed by atoms with E-state index in [0.717, 1.165) is 0 Å². The van der Waals surface area contributed by atoms with Crippen LogP contribution in [0.3, 0.4) is 0 Å². The molecule has 1 atom stereocenters. The second kappa shape index (κ2) is 8.50. The summed E-state index contributed by atoms with van der Waals surface area (Å²) in [4.78, 5) is 23.3. The van der Waals surface area contributed by atoms with Crippen molar-refractivity contribution < 1.29 is 23.1 Å². The molecule has 0 aromatic heterocycles. The van der Waals surface area contributed by atoms with Crippen molar-refractivity contribution in [2.24, 2.45) is 5.92 Å². The largest absolute Gasteiger partial charge is 0.481 e. The molecular weight excluding hydrogens is 358 g/mol. The molecule has 8 nitrogen and oxygen atoms in total. The third-order valence-corrected chi connectivity index (χ3v) is 6.11. The Labute approximate surface area is 153 Å². The highest BCUT2D eigenvalue weighted by Crippen LogP contribution is 2.24. The van der Waals surface area contributed by atoms with Crippen molar-refractivity contribution in [1.82, 2.24) is 15.4 Å². The van der Waals surface area contributed by atoms with E-state index in [-0.39, 0.29) is 28.9 Å². The highest BCUT2D eigenvalue weighted by atomic mass is 32.2. The Morgan fingerprint density at radius 3 is 2.42 bits per heavy atom. The summed E-state index contributed by atoms with van der Waals surface area (Å²) in [5.41, 5.74) is 0.672. The zero-order chi connectivity index (χ0) is 19.3. The average molecular weight is 383 g/mol. The topological polar surface area (TPSA) is 125 Å². The van der Waals surface area contributed by atoms with Gasteiger partial charge in [-0.25, -0.2) is 17.9 Å². The smallest absolute Gasteiger partial charge is 0.315 e. The molecule has 0 saturated heterocycles. The van der Waals surface area contributed by atoms with Crippen molar-refractivity contribution in [2.45, 2.75) is 49.6 Å². The van der Waals surface area contributed by atoms with E-state index in [1.54, 1.807) is 19.1 Å². The van der Waals surface area contributed by atoms with Crippen LogP contribution >= 0.6 is 0 Å². The number of carboxylic acid groups (broad SMARTS) is 1. The summed E-state index contributed by atoms with van der Waals surface area (Å²) in [5.74, 6) is -1.11. The Bertz CT molecular complexity index is 757. The zero-order valence-electron chi connectivity index (χ0n) is 14.9. The molecule has 9 heteroatoms. The number of urea groups is 1. The first-order valence-corrected chi connectivity index (χ1v) is 10.0. The third-order valence-electron chi connectivity index (χ3n) is 4.70. The van der Waals surface area contributed by atoms with E-state index in [1.807, 2.05) is 0 Å². The maximum atomic E-state index is 12.2. The minimum atomic E-state index is -3.54. The van der Waals surface area contributed by atoms with Crippen LogP contribution in [-0.4, -0.2) is 38.6 Å². The number of aliphatic carboxylic acids is 1. The van der Waals surface area contributed by atoms with Crippen LogP contribution in [0.4, 0.5) is 4.79 Å². The zero-order valence-corrected chi connectivity index (χ0v) is 15.7. The van der Waals surface area contributed by atoms with Gasteiger partial charge in [-0.2, -0.15) is 0 Å². The van der Waals surface area contributed by atoms with Gasteiger partial charge >= 0.3 is 12.0 Å². The summed E-state index contributed by atoms with van der Waals surface area (Å²) < 4.78 is 26.0. The highest BCUT2D eigenvalue weighted by Gasteiger charge is 2.27. The van der Waals surface area contributed by atoms with Crippen molar-refractivity contribution >= 4 is 22.0 Å². The summed E-state index contributed by atoms with van der Waals surface area (Å²) in [6.45, 7) is 1.77. The predicted octanol–water partition coefficient (Wildman–Crippen LogP) is 1.60. The van der Waals surface area contributed by atoms with Crippen LogP contribution in [-0.2, 0) is 14.8 Å². The fraction of sp³-hybridized carbons (Fsp3) is 0.529. The van der Waals surface area contributed by atoms with Crippen LogP contribution in [0.25, 0.3) is 0 Å². The Morgan fingerprint density at radius 2 is 1.85 bits per heavy atom. The molecule has 26 heavy (non-hydrogen) atoms. The van der Waals surface area contributed by atoms with Gasteiger partial charge in [-0.1, -0.05) is 12.1 Å². The number of benzene rings is 1. The highest BCUT2D eigenvalue weighted by molar-refractivity contribution is 7.89. The van der Waals surface area contributed by atoms with Gasteiger partial charge < -0.3 is 15.7 Å². The number of hydrogen-bond acceptors (Lipinski definition) is 4. The number of carbonyl (C=O) groups is 2. The van der Waals surface area contributed by atoms with Crippen molar-refractivity contribution in [3.8, 4) is 0 Å². The van der Waals surface area contributed by atoms with Crippen LogP contribution in [0.15, 0.2) is 29.2 Å². The summed E-state index contributed by atoms with van der Waals surface area (Å²) in [6.07, 6.45) is 2.38. The normalized spacial score (nSPS) is 21.6. The van der Waals surface area contributed by atoms with Gasteiger partial charge in [0.2, 0.25) is 10.0 Å². The molecule has 2 amide bonds. The molecule has 0 aliphatic heterocycles. The number of rotatable bonds is 6. The van der Waals surface area contributed by atoms with E-state index in [2.05, 4.69) is 15.4 Å². The predicted molar refractivity (Wildman–Crippen MR) is 96.2 cm³/mol. The van der Waals surface area contributed by atoms with E-state index in [0.29, 0.717) is 31.2 Å². The summed E-state index contributed by atoms with van der Waals surface area (Å²) in [7, 11) is -2.20. The maximum absolute atomic E-state index is 12.2. The molecule has 1 saturated carbocycles. The Kier molecular flexibility index (Phi) is 6.60. The lowest BCUT2D eigenvalue weighted by molar-refractivity contribution is -0.142. The van der Waals surface area contributed by atoms with Gasteiger partial charge in [0.25, 0.3) is 0 Å². The Morgan fingerprint density at radius 1 is 1.19 bits per heavy atom. The molecule has 1 aromatic carbocycles. The van der Waals surface area contributed by atoms with Crippen LogP contribution in [0.1, 0.15) is 44.2 Å². The number of carboxylic acids is 1. The lowest BCUT2D eigenvalue weighted by atomic mass is 9.86. The molecule has 0 bridgehead atoms. The monoisotopic (exact) mass is 383 g/mol. The van der Waals surface area contributed by atoms with Crippen LogP contribution in [0, 0.1) is 5.92 Å². The van der Waals surface area contributed by atoms with Gasteiger partial charge in [-0.15, -0.1) is 0 Å². The van der Waals surface area contributed by atoms with Gasteiger partial charge in [0.1, 0.15) is 0 Å². The van der Waals surface area contributed by atoms with Crippen LogP contribution in [0.2, 0.25) is 0 Å². The second-order valence-electron chi connectivity index (χ2n) is 6.51. The minimum absolute atomic E-state index is 0.0474. The molecule has 1 unspecified atom stereocenters. The first-order chi connectivity index (χ1) is 12.2. The molecule has 1 fully saturated rings. The molecule has 0 heterocycles. The molecule has 1 aliphatic rings. The van der Waals surface area contributed by atoms with Gasteiger partial charge in [0.15, 0.2) is 0 Å². The first-order valence-electron chi connectivity index (χ1n) is 8.56. The molecule has 144 valence electrons. The Hall–Kier alpha value is -2.13. The van der Waals surface area contributed by atoms with Gasteiger partial charge in [0.05, 0.1) is 16.9 Å². The molecule has 1 aliphatic carbocycles. The van der Waals surface area contributed by atoms with Gasteiger partial charge in [0, 0.05) is 6.04 Å². The number of sulfonamides is 1. The van der Waals surface area contributed by atoms with E-state index in [1.165, 1.54) is 19.2 Å². The minimum Gasteiger partial charge on any atom is -0.481 e. The van der Waals surface area contributed by atoms with Crippen LogP contribution < -0.4 is 15.4 Å². The van der Waals surface area contributed by atoms with Gasteiger partial charge in [-0.3, -0.25) is 4.79 Å². The quantitative estimate of drug-likeness (QED) is 0.594.